The van der Waals surface area contributed by atoms with Crippen molar-refractivity contribution in [1.82, 2.24) is 19.9 Å². The second kappa shape index (κ2) is 6.44. The van der Waals surface area contributed by atoms with E-state index in [9.17, 15) is 4.79 Å². The van der Waals surface area contributed by atoms with Gasteiger partial charge in [0.2, 0.25) is 0 Å². The summed E-state index contributed by atoms with van der Waals surface area (Å²) in [5, 5.41) is 3.12. The molecule has 0 spiro atoms. The van der Waals surface area contributed by atoms with Crippen molar-refractivity contribution in [2.24, 2.45) is 0 Å². The number of hydrogen-bond acceptors (Lipinski definition) is 4. The summed E-state index contributed by atoms with van der Waals surface area (Å²) in [7, 11) is 0. The number of carbonyl (C=O) groups excluding carboxylic acids is 1. The minimum absolute atomic E-state index is 0.0574. The molecule has 29 heavy (non-hydrogen) atoms. The summed E-state index contributed by atoms with van der Waals surface area (Å²) in [6, 6.07) is 18.1. The highest BCUT2D eigenvalue weighted by molar-refractivity contribution is 6.03. The first-order valence-electron chi connectivity index (χ1n) is 9.59. The topological polar surface area (TPSA) is 63.1 Å². The number of amides is 1. The zero-order valence-electron chi connectivity index (χ0n) is 16.3. The third-order valence-electron chi connectivity index (χ3n) is 5.39. The lowest BCUT2D eigenvalue weighted by Gasteiger charge is -2.45. The highest BCUT2D eigenvalue weighted by Crippen LogP contribution is 2.35. The Labute approximate surface area is 168 Å². The van der Waals surface area contributed by atoms with E-state index in [4.69, 9.17) is 0 Å². The second-order valence-electron chi connectivity index (χ2n) is 7.74. The van der Waals surface area contributed by atoms with Crippen molar-refractivity contribution >= 4 is 22.8 Å². The first-order valence-corrected chi connectivity index (χ1v) is 9.59. The number of fused-ring (bicyclic) bond motifs is 2. The second-order valence-corrected chi connectivity index (χ2v) is 7.74. The molecule has 3 heterocycles. The molecule has 6 nitrogen and oxygen atoms in total. The maximum Gasteiger partial charge on any atom is 0.255 e. The Kier molecular flexibility index (Phi) is 3.87. The number of hydrogen-bond donors (Lipinski definition) is 1. The van der Waals surface area contributed by atoms with E-state index in [2.05, 4.69) is 38.4 Å². The maximum absolute atomic E-state index is 12.7. The van der Waals surface area contributed by atoms with Crippen LogP contribution in [0.15, 0.2) is 73.2 Å². The van der Waals surface area contributed by atoms with Gasteiger partial charge in [0.05, 0.1) is 11.3 Å². The van der Waals surface area contributed by atoms with Crippen LogP contribution in [0.2, 0.25) is 0 Å². The quantitative estimate of drug-likeness (QED) is 0.583. The first kappa shape index (κ1) is 17.4. The molecule has 5 rings (SSSR count). The first-order chi connectivity index (χ1) is 14.0. The fraction of sp³-hybridized carbons (Fsp3) is 0.174. The van der Waals surface area contributed by atoms with E-state index in [1.807, 2.05) is 61.0 Å². The van der Waals surface area contributed by atoms with E-state index < -0.39 is 5.66 Å². The van der Waals surface area contributed by atoms with Crippen LogP contribution in [0.4, 0.5) is 5.69 Å². The predicted octanol–water partition coefficient (Wildman–Crippen LogP) is 3.91. The van der Waals surface area contributed by atoms with Gasteiger partial charge in [-0.15, -0.1) is 0 Å². The highest BCUT2D eigenvalue weighted by atomic mass is 16.2. The van der Waals surface area contributed by atoms with Gasteiger partial charge < -0.3 is 10.2 Å². The van der Waals surface area contributed by atoms with Crippen LogP contribution >= 0.6 is 0 Å². The summed E-state index contributed by atoms with van der Waals surface area (Å²) >= 11 is 0. The van der Waals surface area contributed by atoms with Crippen LogP contribution in [0.1, 0.15) is 29.8 Å². The van der Waals surface area contributed by atoms with Crippen molar-refractivity contribution in [3.05, 3.63) is 84.3 Å². The summed E-state index contributed by atoms with van der Waals surface area (Å²) in [4.78, 5) is 23.8. The summed E-state index contributed by atoms with van der Waals surface area (Å²) in [5.41, 5.74) is 4.83. The van der Waals surface area contributed by atoms with Crippen molar-refractivity contribution in [1.29, 1.82) is 0 Å². The summed E-state index contributed by atoms with van der Waals surface area (Å²) in [6.45, 7) is 4.75. The molecule has 1 amide bonds. The van der Waals surface area contributed by atoms with Crippen molar-refractivity contribution in [3.63, 3.8) is 0 Å². The van der Waals surface area contributed by atoms with Crippen LogP contribution in [0, 0.1) is 0 Å². The van der Waals surface area contributed by atoms with Crippen LogP contribution in [-0.4, -0.2) is 26.1 Å². The molecule has 0 fully saturated rings. The molecule has 144 valence electrons. The number of carbonyl (C=O) groups is 1. The van der Waals surface area contributed by atoms with E-state index in [0.717, 1.165) is 22.5 Å². The third-order valence-corrected chi connectivity index (χ3v) is 5.39. The predicted molar refractivity (Wildman–Crippen MR) is 113 cm³/mol. The molecule has 0 radical (unpaired) electrons. The highest BCUT2D eigenvalue weighted by Gasteiger charge is 2.36. The van der Waals surface area contributed by atoms with Crippen LogP contribution in [0.3, 0.4) is 0 Å². The number of rotatable bonds is 3. The van der Waals surface area contributed by atoms with Gasteiger partial charge in [-0.2, -0.15) is 0 Å². The molecule has 2 aromatic carbocycles. The fourth-order valence-corrected chi connectivity index (χ4v) is 3.92. The fourth-order valence-electron chi connectivity index (χ4n) is 3.92. The van der Waals surface area contributed by atoms with Gasteiger partial charge in [-0.05, 0) is 43.7 Å². The number of aromatic nitrogens is 3. The maximum atomic E-state index is 12.7. The van der Waals surface area contributed by atoms with Gasteiger partial charge >= 0.3 is 0 Å². The van der Waals surface area contributed by atoms with E-state index in [1.165, 1.54) is 5.56 Å². The zero-order valence-corrected chi connectivity index (χ0v) is 16.3. The summed E-state index contributed by atoms with van der Waals surface area (Å²) < 4.78 is 2.00. The Hall–Kier alpha value is -3.67. The Balaban J connectivity index is 1.65. The van der Waals surface area contributed by atoms with Gasteiger partial charge in [0.15, 0.2) is 5.65 Å². The lowest BCUT2D eigenvalue weighted by molar-refractivity contribution is 0.0897. The largest absolute Gasteiger partial charge is 0.344 e. The minimum Gasteiger partial charge on any atom is -0.344 e. The van der Waals surface area contributed by atoms with Crippen molar-refractivity contribution in [2.45, 2.75) is 26.1 Å². The van der Waals surface area contributed by atoms with Crippen LogP contribution in [0.5, 0.6) is 0 Å². The Bertz CT molecular complexity index is 1210. The average Bonchev–Trinajstić information content (AvgIpc) is 3.15. The number of benzene rings is 2. The van der Waals surface area contributed by atoms with E-state index in [1.54, 1.807) is 12.4 Å². The monoisotopic (exact) mass is 383 g/mol. The lowest BCUT2D eigenvalue weighted by Crippen LogP contribution is -2.60. The summed E-state index contributed by atoms with van der Waals surface area (Å²) in [5.74, 6) is -0.0574. The molecule has 0 atom stereocenters. The van der Waals surface area contributed by atoms with Gasteiger partial charge in [0.25, 0.3) is 5.91 Å². The Morgan fingerprint density at radius 3 is 2.62 bits per heavy atom. The summed E-state index contributed by atoms with van der Waals surface area (Å²) in [6.07, 6.45) is 5.34. The minimum atomic E-state index is -0.517. The Morgan fingerprint density at radius 1 is 1.00 bits per heavy atom. The Morgan fingerprint density at radius 2 is 1.79 bits per heavy atom. The van der Waals surface area contributed by atoms with E-state index in [-0.39, 0.29) is 5.91 Å². The van der Waals surface area contributed by atoms with Crippen LogP contribution < -0.4 is 10.2 Å². The lowest BCUT2D eigenvalue weighted by atomic mass is 10.00. The molecule has 4 aromatic rings. The van der Waals surface area contributed by atoms with E-state index >= 15 is 0 Å². The number of nitrogens with one attached hydrogen (secondary N) is 1. The van der Waals surface area contributed by atoms with E-state index in [0.29, 0.717) is 12.1 Å². The third kappa shape index (κ3) is 2.93. The molecule has 6 heteroatoms. The molecule has 1 N–H and O–H groups in total. The molecular formula is C23H21N5O. The molecule has 2 aromatic heterocycles. The van der Waals surface area contributed by atoms with Gasteiger partial charge in [0.1, 0.15) is 11.2 Å². The van der Waals surface area contributed by atoms with Gasteiger partial charge in [-0.25, -0.2) is 4.98 Å². The number of anilines is 1. The average molecular weight is 383 g/mol. The smallest absolute Gasteiger partial charge is 0.255 e. The molecular weight excluding hydrogens is 362 g/mol. The normalized spacial score (nSPS) is 15.2. The molecule has 0 saturated heterocycles. The van der Waals surface area contributed by atoms with Crippen LogP contribution in [-0.2, 0) is 6.54 Å². The molecule has 0 aliphatic carbocycles. The number of nitrogens with zero attached hydrogens (tertiary/aromatic N) is 4. The van der Waals surface area contributed by atoms with Crippen molar-refractivity contribution in [3.8, 4) is 5.69 Å². The van der Waals surface area contributed by atoms with Gasteiger partial charge in [0, 0.05) is 30.8 Å². The zero-order chi connectivity index (χ0) is 20.0. The van der Waals surface area contributed by atoms with Crippen molar-refractivity contribution < 1.29 is 4.79 Å². The van der Waals surface area contributed by atoms with Gasteiger partial charge in [-0.3, -0.25) is 14.3 Å². The molecule has 1 aliphatic rings. The molecule has 0 unspecified atom stereocenters. The SMILES string of the molecule is CC1(C)NC(=O)c2ccc(-n3ccc4nccnc43)cc2N1Cc1ccccc1. The van der Waals surface area contributed by atoms with Crippen molar-refractivity contribution in [2.75, 3.05) is 4.90 Å². The molecule has 0 bridgehead atoms. The van der Waals surface area contributed by atoms with Crippen LogP contribution in [0.25, 0.3) is 16.9 Å². The molecule has 0 saturated carbocycles. The van der Waals surface area contributed by atoms with Gasteiger partial charge in [-0.1, -0.05) is 30.3 Å². The molecule has 1 aliphatic heterocycles. The standard InChI is InChI=1S/C23H21N5O/c1-23(2)26-22(29)18-9-8-17(27-13-10-19-21(27)25-12-11-24-19)14-20(18)28(23)15-16-6-4-3-5-7-16/h3-14H,15H2,1-2H3,(H,26,29).